The van der Waals surface area contributed by atoms with E-state index in [2.05, 4.69) is 41.8 Å². The number of halogens is 1. The van der Waals surface area contributed by atoms with Crippen LogP contribution in [0.25, 0.3) is 33.2 Å². The van der Waals surface area contributed by atoms with Crippen molar-refractivity contribution in [1.82, 2.24) is 19.7 Å². The van der Waals surface area contributed by atoms with Crippen LogP contribution in [0.5, 0.6) is 5.75 Å². The number of phenols is 1. The molecule has 7 heteroatoms. The van der Waals surface area contributed by atoms with Crippen LogP contribution in [-0.2, 0) is 7.05 Å². The summed E-state index contributed by atoms with van der Waals surface area (Å²) in [6.07, 6.45) is 6.36. The van der Waals surface area contributed by atoms with Crippen LogP contribution in [0, 0.1) is 11.3 Å². The number of pyridine rings is 2. The van der Waals surface area contributed by atoms with Gasteiger partial charge >= 0.3 is 0 Å². The van der Waals surface area contributed by atoms with E-state index in [1.165, 1.54) is 12.8 Å². The van der Waals surface area contributed by atoms with Crippen LogP contribution in [0.2, 0.25) is 5.02 Å². The second-order valence-electron chi connectivity index (χ2n) is 9.87. The minimum absolute atomic E-state index is 0.122. The highest BCUT2D eigenvalue weighted by Crippen LogP contribution is 2.46. The maximum atomic E-state index is 10.6. The summed E-state index contributed by atoms with van der Waals surface area (Å²) in [5.41, 5.74) is 3.99. The molecule has 32 heavy (non-hydrogen) atoms. The first kappa shape index (κ1) is 21.0. The van der Waals surface area contributed by atoms with E-state index in [1.54, 1.807) is 10.7 Å². The molecule has 0 aliphatic heterocycles. The van der Waals surface area contributed by atoms with Crippen LogP contribution < -0.4 is 4.90 Å². The molecule has 1 saturated carbocycles. The van der Waals surface area contributed by atoms with E-state index in [4.69, 9.17) is 16.6 Å². The maximum absolute atomic E-state index is 10.6. The van der Waals surface area contributed by atoms with Crippen molar-refractivity contribution in [3.8, 4) is 17.0 Å². The number of aromatic hydroxyl groups is 1. The van der Waals surface area contributed by atoms with E-state index in [-0.39, 0.29) is 5.75 Å². The fraction of sp³-hybridized carbons (Fsp3) is 0.400. The molecule has 3 aromatic heterocycles. The Morgan fingerprint density at radius 2 is 2.00 bits per heavy atom. The molecule has 3 heterocycles. The molecule has 0 spiro atoms. The Morgan fingerprint density at radius 1 is 1.22 bits per heavy atom. The lowest BCUT2D eigenvalue weighted by Gasteiger charge is -2.29. The van der Waals surface area contributed by atoms with E-state index in [0.29, 0.717) is 33.3 Å². The molecule has 0 unspecified atom stereocenters. The van der Waals surface area contributed by atoms with Gasteiger partial charge in [0.15, 0.2) is 5.65 Å². The lowest BCUT2D eigenvalue weighted by atomic mass is 10.1. The second kappa shape index (κ2) is 7.62. The third kappa shape index (κ3) is 3.99. The molecule has 5 rings (SSSR count). The van der Waals surface area contributed by atoms with Gasteiger partial charge in [0.2, 0.25) is 0 Å². The van der Waals surface area contributed by atoms with Crippen LogP contribution in [0.15, 0.2) is 36.7 Å². The van der Waals surface area contributed by atoms with E-state index in [0.717, 1.165) is 35.1 Å². The lowest BCUT2D eigenvalue weighted by molar-refractivity contribution is 0.478. The monoisotopic (exact) mass is 449 g/mol. The van der Waals surface area contributed by atoms with Crippen LogP contribution in [0.4, 0.5) is 5.69 Å². The number of rotatable bonds is 6. The second-order valence-corrected chi connectivity index (χ2v) is 10.3. The molecule has 1 aliphatic rings. The first-order chi connectivity index (χ1) is 15.2. The molecular formula is C25H28ClN5O. The summed E-state index contributed by atoms with van der Waals surface area (Å²) in [4.78, 5) is 11.8. The number of aromatic nitrogens is 4. The van der Waals surface area contributed by atoms with Crippen molar-refractivity contribution in [2.24, 2.45) is 18.4 Å². The quantitative estimate of drug-likeness (QED) is 0.402. The van der Waals surface area contributed by atoms with Gasteiger partial charge in [0, 0.05) is 48.7 Å². The SMILES string of the molecule is CC(C)CN(CC1(C)CC1)c1cnc2nc(-c3cc4cn(C)nc4cc3O)cc(Cl)c2c1. The summed E-state index contributed by atoms with van der Waals surface area (Å²) in [5.74, 6) is 0.672. The number of aryl methyl sites for hydroxylation is 1. The third-order valence-electron chi connectivity index (χ3n) is 6.24. The van der Waals surface area contributed by atoms with E-state index in [1.807, 2.05) is 31.6 Å². The summed E-state index contributed by atoms with van der Waals surface area (Å²) in [6.45, 7) is 8.83. The van der Waals surface area contributed by atoms with E-state index >= 15 is 0 Å². The van der Waals surface area contributed by atoms with Gasteiger partial charge in [0.05, 0.1) is 28.1 Å². The van der Waals surface area contributed by atoms with Crippen molar-refractivity contribution in [2.45, 2.75) is 33.6 Å². The molecule has 1 aromatic carbocycles. The molecule has 166 valence electrons. The molecule has 0 bridgehead atoms. The number of fused-ring (bicyclic) bond motifs is 2. The van der Waals surface area contributed by atoms with Crippen LogP contribution in [0.3, 0.4) is 0 Å². The van der Waals surface area contributed by atoms with Crippen LogP contribution >= 0.6 is 11.6 Å². The van der Waals surface area contributed by atoms with Gasteiger partial charge in [-0.15, -0.1) is 0 Å². The minimum Gasteiger partial charge on any atom is -0.507 e. The molecule has 1 fully saturated rings. The van der Waals surface area contributed by atoms with Gasteiger partial charge in [-0.25, -0.2) is 9.97 Å². The Labute approximate surface area is 192 Å². The number of phenolic OH excluding ortho intramolecular Hbond substituents is 1. The van der Waals surface area contributed by atoms with Gasteiger partial charge < -0.3 is 10.0 Å². The van der Waals surface area contributed by atoms with Crippen molar-refractivity contribution in [3.63, 3.8) is 0 Å². The van der Waals surface area contributed by atoms with E-state index in [9.17, 15) is 5.11 Å². The Kier molecular flexibility index (Phi) is 5.01. The van der Waals surface area contributed by atoms with Crippen LogP contribution in [0.1, 0.15) is 33.6 Å². The summed E-state index contributed by atoms with van der Waals surface area (Å²) in [6, 6.07) is 7.45. The minimum atomic E-state index is 0.122. The zero-order valence-corrected chi connectivity index (χ0v) is 19.7. The zero-order valence-electron chi connectivity index (χ0n) is 18.9. The highest BCUT2D eigenvalue weighted by molar-refractivity contribution is 6.35. The fourth-order valence-electron chi connectivity index (χ4n) is 4.29. The first-order valence-corrected chi connectivity index (χ1v) is 11.5. The smallest absolute Gasteiger partial charge is 0.161 e. The largest absolute Gasteiger partial charge is 0.507 e. The summed E-state index contributed by atoms with van der Waals surface area (Å²) in [7, 11) is 1.86. The van der Waals surface area contributed by atoms with Crippen molar-refractivity contribution in [3.05, 3.63) is 41.7 Å². The predicted molar refractivity (Wildman–Crippen MR) is 130 cm³/mol. The Hall–Kier alpha value is -2.86. The van der Waals surface area contributed by atoms with Crippen LogP contribution in [-0.4, -0.2) is 37.9 Å². The normalized spacial score (nSPS) is 15.1. The number of hydrogen-bond acceptors (Lipinski definition) is 5. The van der Waals surface area contributed by atoms with Gasteiger partial charge in [-0.1, -0.05) is 32.4 Å². The highest BCUT2D eigenvalue weighted by Gasteiger charge is 2.39. The molecule has 0 saturated heterocycles. The number of benzene rings is 1. The fourth-order valence-corrected chi connectivity index (χ4v) is 4.53. The van der Waals surface area contributed by atoms with Gasteiger partial charge in [0.1, 0.15) is 5.75 Å². The maximum Gasteiger partial charge on any atom is 0.161 e. The zero-order chi connectivity index (χ0) is 22.6. The van der Waals surface area contributed by atoms with Crippen molar-refractivity contribution in [2.75, 3.05) is 18.0 Å². The van der Waals surface area contributed by atoms with E-state index < -0.39 is 0 Å². The number of hydrogen-bond donors (Lipinski definition) is 1. The van der Waals surface area contributed by atoms with Crippen molar-refractivity contribution >= 4 is 39.2 Å². The summed E-state index contributed by atoms with van der Waals surface area (Å²) in [5, 5.41) is 17.3. The molecule has 0 amide bonds. The highest BCUT2D eigenvalue weighted by atomic mass is 35.5. The van der Waals surface area contributed by atoms with Gasteiger partial charge in [-0.05, 0) is 42.4 Å². The van der Waals surface area contributed by atoms with Crippen molar-refractivity contribution in [1.29, 1.82) is 0 Å². The first-order valence-electron chi connectivity index (χ1n) is 11.1. The number of anilines is 1. The average Bonchev–Trinajstić information content (AvgIpc) is 3.33. The Balaban J connectivity index is 1.55. The van der Waals surface area contributed by atoms with Crippen molar-refractivity contribution < 1.29 is 5.11 Å². The standard InChI is InChI=1S/C25H28ClN5O/c1-15(2)12-31(14-25(3)5-6-25)17-8-18-20(26)9-22(28-24(18)27-11-17)19-7-16-13-30(4)29-21(16)10-23(19)32/h7-11,13,15,32H,5-6,12,14H2,1-4H3. The predicted octanol–water partition coefficient (Wildman–Crippen LogP) is 5.81. The summed E-state index contributed by atoms with van der Waals surface area (Å²) < 4.78 is 1.72. The molecule has 0 atom stereocenters. The Bertz CT molecular complexity index is 1330. The topological polar surface area (TPSA) is 67.1 Å². The third-order valence-corrected chi connectivity index (χ3v) is 6.55. The molecular weight excluding hydrogens is 422 g/mol. The molecule has 6 nitrogen and oxygen atoms in total. The van der Waals surface area contributed by atoms with Gasteiger partial charge in [0.25, 0.3) is 0 Å². The molecule has 1 aliphatic carbocycles. The number of nitrogens with zero attached hydrogens (tertiary/aromatic N) is 5. The summed E-state index contributed by atoms with van der Waals surface area (Å²) >= 11 is 6.72. The average molecular weight is 450 g/mol. The van der Waals surface area contributed by atoms with Gasteiger partial charge in [-0.3, -0.25) is 4.68 Å². The Morgan fingerprint density at radius 3 is 2.72 bits per heavy atom. The molecule has 0 radical (unpaired) electrons. The lowest BCUT2D eigenvalue weighted by Crippen LogP contribution is -2.32. The molecule has 1 N–H and O–H groups in total. The van der Waals surface area contributed by atoms with Gasteiger partial charge in [-0.2, -0.15) is 5.10 Å². The molecule has 4 aromatic rings.